The zero-order chi connectivity index (χ0) is 14.1. The molecule has 110 valence electrons. The van der Waals surface area contributed by atoms with Gasteiger partial charge in [0.1, 0.15) is 0 Å². The van der Waals surface area contributed by atoms with Gasteiger partial charge in [0.15, 0.2) is 0 Å². The number of nitrogens with one attached hydrogen (secondary N) is 1. The van der Waals surface area contributed by atoms with E-state index in [1.807, 2.05) is 0 Å². The molecule has 1 aliphatic carbocycles. The van der Waals surface area contributed by atoms with Gasteiger partial charge in [-0.1, -0.05) is 18.8 Å². The van der Waals surface area contributed by atoms with E-state index in [4.69, 9.17) is 6.42 Å². The molecule has 1 rings (SSSR count). The van der Waals surface area contributed by atoms with Gasteiger partial charge < -0.3 is 5.32 Å². The highest BCUT2D eigenvalue weighted by molar-refractivity contribution is 4.90. The van der Waals surface area contributed by atoms with Crippen molar-refractivity contribution in [1.29, 1.82) is 0 Å². The molecular weight excluding hydrogens is 232 g/mol. The minimum absolute atomic E-state index is 0.258. The monoisotopic (exact) mass is 264 g/mol. The number of rotatable bonds is 10. The van der Waals surface area contributed by atoms with Crippen LogP contribution in [0, 0.1) is 18.3 Å². The summed E-state index contributed by atoms with van der Waals surface area (Å²) in [6, 6.07) is 0. The summed E-state index contributed by atoms with van der Waals surface area (Å²) in [5.41, 5.74) is 0.258. The average molecular weight is 264 g/mol. The normalized spacial score (nSPS) is 15.7. The van der Waals surface area contributed by atoms with Gasteiger partial charge in [0.25, 0.3) is 0 Å². The lowest BCUT2D eigenvalue weighted by Crippen LogP contribution is -2.36. The van der Waals surface area contributed by atoms with Crippen molar-refractivity contribution in [2.45, 2.75) is 64.8 Å². The van der Waals surface area contributed by atoms with E-state index in [0.717, 1.165) is 19.0 Å². The largest absolute Gasteiger partial charge is 0.312 e. The quantitative estimate of drug-likeness (QED) is 0.481. The van der Waals surface area contributed by atoms with Crippen LogP contribution in [-0.2, 0) is 0 Å². The van der Waals surface area contributed by atoms with Crippen LogP contribution in [0.3, 0.4) is 0 Å². The molecule has 0 atom stereocenters. The van der Waals surface area contributed by atoms with Gasteiger partial charge >= 0.3 is 0 Å². The number of nitrogens with zero attached hydrogens (tertiary/aromatic N) is 1. The zero-order valence-electron chi connectivity index (χ0n) is 13.2. The first-order chi connectivity index (χ1) is 9.01. The molecule has 1 saturated carbocycles. The van der Waals surface area contributed by atoms with Crippen LogP contribution in [0.25, 0.3) is 0 Å². The molecule has 0 unspecified atom stereocenters. The fraction of sp³-hybridized carbons (Fsp3) is 0.882. The first-order valence-corrected chi connectivity index (χ1v) is 7.92. The Balaban J connectivity index is 1.94. The average Bonchev–Trinajstić information content (AvgIpc) is 3.10. The fourth-order valence-electron chi connectivity index (χ4n) is 2.31. The SMILES string of the molecule is C#CCN(CCCCCCNC(C)(C)C)CC1CC1. The summed E-state index contributed by atoms with van der Waals surface area (Å²) in [4.78, 5) is 2.46. The van der Waals surface area contributed by atoms with E-state index in [2.05, 4.69) is 36.9 Å². The lowest BCUT2D eigenvalue weighted by atomic mass is 10.1. The standard InChI is InChI=1S/C17H32N2/c1-5-13-19(15-16-10-11-16)14-9-7-6-8-12-18-17(2,3)4/h1,16,18H,6-15H2,2-4H3. The van der Waals surface area contributed by atoms with E-state index in [1.165, 1.54) is 51.6 Å². The molecule has 0 amide bonds. The van der Waals surface area contributed by atoms with Crippen LogP contribution in [-0.4, -0.2) is 36.6 Å². The van der Waals surface area contributed by atoms with Gasteiger partial charge in [0, 0.05) is 12.1 Å². The molecule has 2 heteroatoms. The van der Waals surface area contributed by atoms with Gasteiger partial charge in [-0.25, -0.2) is 0 Å². The summed E-state index contributed by atoms with van der Waals surface area (Å²) in [5, 5.41) is 3.54. The first kappa shape index (κ1) is 16.5. The lowest BCUT2D eigenvalue weighted by molar-refractivity contribution is 0.286. The molecule has 0 spiro atoms. The molecular formula is C17H32N2. The van der Waals surface area contributed by atoms with Crippen LogP contribution >= 0.6 is 0 Å². The van der Waals surface area contributed by atoms with Crippen molar-refractivity contribution in [2.75, 3.05) is 26.2 Å². The van der Waals surface area contributed by atoms with Crippen molar-refractivity contribution in [1.82, 2.24) is 10.2 Å². The summed E-state index contributed by atoms with van der Waals surface area (Å²) in [7, 11) is 0. The van der Waals surface area contributed by atoms with Gasteiger partial charge in [-0.2, -0.15) is 0 Å². The second kappa shape index (κ2) is 8.61. The Kier molecular flexibility index (Phi) is 7.49. The molecule has 0 saturated heterocycles. The van der Waals surface area contributed by atoms with Gasteiger partial charge in [0.05, 0.1) is 6.54 Å². The molecule has 1 N–H and O–H groups in total. The number of terminal acetylenes is 1. The Bertz CT molecular complexity index is 268. The molecule has 0 aliphatic heterocycles. The highest BCUT2D eigenvalue weighted by Crippen LogP contribution is 2.29. The maximum Gasteiger partial charge on any atom is 0.0599 e. The van der Waals surface area contributed by atoms with Gasteiger partial charge in [-0.15, -0.1) is 6.42 Å². The smallest absolute Gasteiger partial charge is 0.0599 e. The third kappa shape index (κ3) is 9.99. The Morgan fingerprint density at radius 3 is 2.42 bits per heavy atom. The molecule has 19 heavy (non-hydrogen) atoms. The van der Waals surface area contributed by atoms with E-state index < -0.39 is 0 Å². The van der Waals surface area contributed by atoms with Crippen molar-refractivity contribution in [3.63, 3.8) is 0 Å². The molecule has 1 fully saturated rings. The molecule has 0 heterocycles. The first-order valence-electron chi connectivity index (χ1n) is 7.92. The Morgan fingerprint density at radius 2 is 1.84 bits per heavy atom. The summed E-state index contributed by atoms with van der Waals surface area (Å²) in [6.45, 7) is 11.1. The van der Waals surface area contributed by atoms with Gasteiger partial charge in [-0.05, 0) is 65.5 Å². The second-order valence-electron chi connectivity index (χ2n) is 6.97. The van der Waals surface area contributed by atoms with Crippen molar-refractivity contribution in [3.05, 3.63) is 0 Å². The van der Waals surface area contributed by atoms with Crippen molar-refractivity contribution in [2.24, 2.45) is 5.92 Å². The van der Waals surface area contributed by atoms with E-state index >= 15 is 0 Å². The highest BCUT2D eigenvalue weighted by Gasteiger charge is 2.23. The minimum atomic E-state index is 0.258. The predicted octanol–water partition coefficient (Wildman–Crippen LogP) is 3.28. The Morgan fingerprint density at radius 1 is 1.16 bits per heavy atom. The highest BCUT2D eigenvalue weighted by atomic mass is 15.1. The van der Waals surface area contributed by atoms with Crippen LogP contribution < -0.4 is 5.32 Å². The van der Waals surface area contributed by atoms with Gasteiger partial charge in [-0.3, -0.25) is 4.90 Å². The van der Waals surface area contributed by atoms with Crippen LogP contribution in [0.5, 0.6) is 0 Å². The van der Waals surface area contributed by atoms with E-state index in [-0.39, 0.29) is 5.54 Å². The Labute approximate surface area is 120 Å². The van der Waals surface area contributed by atoms with E-state index in [0.29, 0.717) is 0 Å². The number of hydrogen-bond donors (Lipinski definition) is 1. The van der Waals surface area contributed by atoms with Crippen LogP contribution in [0.15, 0.2) is 0 Å². The molecule has 0 aromatic carbocycles. The molecule has 0 aromatic rings. The molecule has 0 bridgehead atoms. The third-order valence-electron chi connectivity index (χ3n) is 3.58. The van der Waals surface area contributed by atoms with Crippen molar-refractivity contribution >= 4 is 0 Å². The van der Waals surface area contributed by atoms with Crippen LogP contribution in [0.2, 0.25) is 0 Å². The maximum absolute atomic E-state index is 5.44. The zero-order valence-corrected chi connectivity index (χ0v) is 13.2. The number of hydrogen-bond acceptors (Lipinski definition) is 2. The molecule has 0 aromatic heterocycles. The molecule has 1 aliphatic rings. The Hall–Kier alpha value is -0.520. The van der Waals surface area contributed by atoms with E-state index in [1.54, 1.807) is 0 Å². The second-order valence-corrected chi connectivity index (χ2v) is 6.97. The van der Waals surface area contributed by atoms with E-state index in [9.17, 15) is 0 Å². The van der Waals surface area contributed by atoms with Crippen LogP contribution in [0.1, 0.15) is 59.3 Å². The fourth-order valence-corrected chi connectivity index (χ4v) is 2.31. The van der Waals surface area contributed by atoms with Crippen LogP contribution in [0.4, 0.5) is 0 Å². The van der Waals surface area contributed by atoms with Crippen molar-refractivity contribution < 1.29 is 0 Å². The summed E-state index contributed by atoms with van der Waals surface area (Å²) < 4.78 is 0. The maximum atomic E-state index is 5.44. The van der Waals surface area contributed by atoms with Gasteiger partial charge in [0.2, 0.25) is 0 Å². The summed E-state index contributed by atoms with van der Waals surface area (Å²) in [6.07, 6.45) is 13.5. The third-order valence-corrected chi connectivity index (χ3v) is 3.58. The predicted molar refractivity (Wildman–Crippen MR) is 84.2 cm³/mol. The summed E-state index contributed by atoms with van der Waals surface area (Å²) in [5.74, 6) is 3.74. The molecule has 0 radical (unpaired) electrons. The summed E-state index contributed by atoms with van der Waals surface area (Å²) >= 11 is 0. The lowest BCUT2D eigenvalue weighted by Gasteiger charge is -2.21. The minimum Gasteiger partial charge on any atom is -0.312 e. The van der Waals surface area contributed by atoms with Crippen molar-refractivity contribution in [3.8, 4) is 12.3 Å². The number of unbranched alkanes of at least 4 members (excludes halogenated alkanes) is 3. The molecule has 2 nitrogen and oxygen atoms in total. The topological polar surface area (TPSA) is 15.3 Å².